The van der Waals surface area contributed by atoms with Crippen molar-refractivity contribution in [1.82, 2.24) is 0 Å². The molecule has 2 heteroatoms. The molecule has 9 atom stereocenters. The molecule has 0 heterocycles. The molecule has 0 bridgehead atoms. The fraction of sp³-hybridized carbons (Fsp3) is 0.955. The van der Waals surface area contributed by atoms with Crippen LogP contribution in [0.4, 0.5) is 0 Å². The monoisotopic (exact) mass is 329 g/mol. The zero-order valence-corrected chi connectivity index (χ0v) is 15.8. The minimum absolute atomic E-state index is 0.118. The topological polar surface area (TPSA) is 44.0 Å². The zero-order chi connectivity index (χ0) is 17.1. The van der Waals surface area contributed by atoms with Crippen molar-refractivity contribution < 1.29 is 5.11 Å². The normalized spacial score (nSPS) is 56.7. The largest absolute Gasteiger partial charge is 0.392 e. The number of nitriles is 1. The summed E-state index contributed by atoms with van der Waals surface area (Å²) < 4.78 is 0. The minimum atomic E-state index is -0.128. The molecule has 0 radical (unpaired) electrons. The molecule has 0 aliphatic heterocycles. The van der Waals surface area contributed by atoms with Gasteiger partial charge in [0.25, 0.3) is 0 Å². The van der Waals surface area contributed by atoms with Gasteiger partial charge in [0.05, 0.1) is 12.2 Å². The van der Waals surface area contributed by atoms with Gasteiger partial charge in [-0.05, 0) is 91.8 Å². The summed E-state index contributed by atoms with van der Waals surface area (Å²) in [5.41, 5.74) is 0.259. The average molecular weight is 330 g/mol. The Morgan fingerprint density at radius 3 is 2.42 bits per heavy atom. The third-order valence-electron chi connectivity index (χ3n) is 9.38. The van der Waals surface area contributed by atoms with Crippen molar-refractivity contribution in [2.24, 2.45) is 46.3 Å². The van der Waals surface area contributed by atoms with Crippen LogP contribution < -0.4 is 0 Å². The Labute approximate surface area is 148 Å². The van der Waals surface area contributed by atoms with E-state index in [-0.39, 0.29) is 16.9 Å². The molecule has 0 amide bonds. The summed E-state index contributed by atoms with van der Waals surface area (Å²) in [7, 11) is 0. The van der Waals surface area contributed by atoms with Crippen molar-refractivity contribution in [3.63, 3.8) is 0 Å². The second-order valence-corrected chi connectivity index (χ2v) is 10.2. The Bertz CT molecular complexity index is 539. The number of rotatable bonds is 1. The average Bonchev–Trinajstić information content (AvgIpc) is 2.82. The molecule has 0 saturated heterocycles. The quantitative estimate of drug-likeness (QED) is 0.721. The molecule has 4 rings (SSSR count). The molecule has 0 aromatic heterocycles. The van der Waals surface area contributed by atoms with Crippen LogP contribution in [0.3, 0.4) is 0 Å². The number of hydrogen-bond donors (Lipinski definition) is 1. The Morgan fingerprint density at radius 1 is 1.00 bits per heavy atom. The summed E-state index contributed by atoms with van der Waals surface area (Å²) in [5.74, 6) is 4.16. The van der Waals surface area contributed by atoms with E-state index in [0.29, 0.717) is 17.8 Å². The van der Waals surface area contributed by atoms with Gasteiger partial charge in [-0.3, -0.25) is 0 Å². The molecule has 0 aromatic rings. The van der Waals surface area contributed by atoms with Gasteiger partial charge in [0.2, 0.25) is 0 Å². The third kappa shape index (κ3) is 2.16. The van der Waals surface area contributed by atoms with Crippen LogP contribution in [-0.4, -0.2) is 11.2 Å². The van der Waals surface area contributed by atoms with Crippen LogP contribution in [0.15, 0.2) is 0 Å². The second kappa shape index (κ2) is 5.73. The maximum Gasteiger partial charge on any atom is 0.0658 e. The van der Waals surface area contributed by atoms with Crippen LogP contribution in [0.2, 0.25) is 0 Å². The van der Waals surface area contributed by atoms with Gasteiger partial charge in [0.15, 0.2) is 0 Å². The van der Waals surface area contributed by atoms with Crippen LogP contribution >= 0.6 is 0 Å². The van der Waals surface area contributed by atoms with E-state index in [1.54, 1.807) is 0 Å². The van der Waals surface area contributed by atoms with Gasteiger partial charge in [-0.15, -0.1) is 0 Å². The first-order valence-electron chi connectivity index (χ1n) is 10.5. The lowest BCUT2D eigenvalue weighted by Crippen LogP contribution is -2.50. The summed E-state index contributed by atoms with van der Waals surface area (Å²) in [6.45, 7) is 6.98. The lowest BCUT2D eigenvalue weighted by Gasteiger charge is -2.55. The summed E-state index contributed by atoms with van der Waals surface area (Å²) in [4.78, 5) is 0. The smallest absolute Gasteiger partial charge is 0.0658 e. The summed E-state index contributed by atoms with van der Waals surface area (Å²) in [6.07, 6.45) is 11.1. The molecule has 134 valence electrons. The summed E-state index contributed by atoms with van der Waals surface area (Å²) in [5, 5.41) is 20.7. The van der Waals surface area contributed by atoms with E-state index in [2.05, 4.69) is 26.8 Å². The van der Waals surface area contributed by atoms with Crippen molar-refractivity contribution in [1.29, 1.82) is 5.26 Å². The number of hydrogen-bond acceptors (Lipinski definition) is 2. The fourth-order valence-electron chi connectivity index (χ4n) is 7.88. The standard InChI is InChI=1S/C22H35NO/c1-4-21(2)12-19-18-9-8-15-14(13-23)6-5-7-16(15)17(18)10-11-22(19,3)20(21)24/h14-20,24H,4-12H2,1-3H3/t14?,15?,16?,17?,18?,19?,20-,21-,22-/m0/s1. The van der Waals surface area contributed by atoms with Crippen molar-refractivity contribution >= 4 is 0 Å². The Balaban J connectivity index is 1.61. The highest BCUT2D eigenvalue weighted by Gasteiger charge is 2.62. The summed E-state index contributed by atoms with van der Waals surface area (Å²) >= 11 is 0. The molecular formula is C22H35NO. The van der Waals surface area contributed by atoms with Crippen molar-refractivity contribution in [3.05, 3.63) is 0 Å². The lowest BCUT2D eigenvalue weighted by molar-refractivity contribution is -0.0943. The molecule has 4 fully saturated rings. The highest BCUT2D eigenvalue weighted by molar-refractivity contribution is 5.12. The van der Waals surface area contributed by atoms with Crippen molar-refractivity contribution in [3.8, 4) is 6.07 Å². The Morgan fingerprint density at radius 2 is 1.71 bits per heavy atom. The molecule has 1 N–H and O–H groups in total. The zero-order valence-electron chi connectivity index (χ0n) is 15.8. The summed E-state index contributed by atoms with van der Waals surface area (Å²) in [6, 6.07) is 2.64. The van der Waals surface area contributed by atoms with Gasteiger partial charge >= 0.3 is 0 Å². The molecular weight excluding hydrogens is 294 g/mol. The van der Waals surface area contributed by atoms with Crippen LogP contribution in [-0.2, 0) is 0 Å². The second-order valence-electron chi connectivity index (χ2n) is 10.2. The first kappa shape index (κ1) is 16.9. The first-order valence-corrected chi connectivity index (χ1v) is 10.5. The molecule has 4 saturated carbocycles. The van der Waals surface area contributed by atoms with Gasteiger partial charge in [-0.1, -0.05) is 27.2 Å². The van der Waals surface area contributed by atoms with Gasteiger partial charge in [0.1, 0.15) is 0 Å². The molecule has 4 aliphatic carbocycles. The van der Waals surface area contributed by atoms with Crippen LogP contribution in [0.25, 0.3) is 0 Å². The first-order chi connectivity index (χ1) is 11.4. The number of fused-ring (bicyclic) bond motifs is 5. The van der Waals surface area contributed by atoms with E-state index >= 15 is 0 Å². The predicted molar refractivity (Wildman–Crippen MR) is 96.0 cm³/mol. The van der Waals surface area contributed by atoms with Gasteiger partial charge < -0.3 is 5.11 Å². The minimum Gasteiger partial charge on any atom is -0.392 e. The van der Waals surface area contributed by atoms with Crippen LogP contribution in [0, 0.1) is 57.7 Å². The molecule has 2 nitrogen and oxygen atoms in total. The SMILES string of the molecule is CC[C@@]1(C)CC2C3CCC4C(C#N)CCCC4C3CC[C@]2(C)[C@H]1O. The molecule has 24 heavy (non-hydrogen) atoms. The molecule has 4 aliphatic rings. The van der Waals surface area contributed by atoms with E-state index < -0.39 is 0 Å². The molecule has 0 aromatic carbocycles. The Hall–Kier alpha value is -0.550. The molecule has 6 unspecified atom stereocenters. The van der Waals surface area contributed by atoms with Gasteiger partial charge in [0, 0.05) is 5.92 Å². The van der Waals surface area contributed by atoms with E-state index in [1.807, 2.05) is 0 Å². The third-order valence-corrected chi connectivity index (χ3v) is 9.38. The highest BCUT2D eigenvalue weighted by Crippen LogP contribution is 2.67. The highest BCUT2D eigenvalue weighted by atomic mass is 16.3. The van der Waals surface area contributed by atoms with Crippen molar-refractivity contribution in [2.75, 3.05) is 0 Å². The molecule has 0 spiro atoms. The van der Waals surface area contributed by atoms with E-state index in [0.717, 1.165) is 30.6 Å². The van der Waals surface area contributed by atoms with Gasteiger partial charge in [-0.2, -0.15) is 5.26 Å². The predicted octanol–water partition coefficient (Wildman–Crippen LogP) is 5.17. The number of nitrogens with zero attached hydrogens (tertiary/aromatic N) is 1. The number of aliphatic hydroxyl groups excluding tert-OH is 1. The fourth-order valence-corrected chi connectivity index (χ4v) is 7.88. The van der Waals surface area contributed by atoms with Crippen molar-refractivity contribution in [2.45, 2.75) is 84.7 Å². The Kier molecular flexibility index (Phi) is 4.03. The maximum atomic E-state index is 11.2. The van der Waals surface area contributed by atoms with Gasteiger partial charge in [-0.25, -0.2) is 0 Å². The maximum absolute atomic E-state index is 11.2. The van der Waals surface area contributed by atoms with E-state index in [4.69, 9.17) is 0 Å². The van der Waals surface area contributed by atoms with E-state index in [1.165, 1.54) is 44.9 Å². The van der Waals surface area contributed by atoms with Crippen LogP contribution in [0.1, 0.15) is 78.6 Å². The lowest BCUT2D eigenvalue weighted by atomic mass is 9.49. The number of aliphatic hydroxyl groups is 1. The van der Waals surface area contributed by atoms with Crippen LogP contribution in [0.5, 0.6) is 0 Å². The van der Waals surface area contributed by atoms with E-state index in [9.17, 15) is 10.4 Å².